The average Bonchev–Trinajstić information content (AvgIpc) is 2.76. The highest BCUT2D eigenvalue weighted by molar-refractivity contribution is 5.51. The molecule has 1 aromatic rings. The molecule has 0 amide bonds. The molecule has 1 fully saturated rings. The molecule has 0 spiro atoms. The molecule has 0 aromatic heterocycles. The van der Waals surface area contributed by atoms with E-state index in [0.29, 0.717) is 11.7 Å². The third-order valence-corrected chi connectivity index (χ3v) is 3.68. The van der Waals surface area contributed by atoms with Gasteiger partial charge in [-0.2, -0.15) is 0 Å². The zero-order chi connectivity index (χ0) is 9.87. The van der Waals surface area contributed by atoms with E-state index in [1.165, 1.54) is 24.0 Å². The fraction of sp³-hybridized carbons (Fsp3) is 0.538. The minimum Gasteiger partial charge on any atom is -0.508 e. The Morgan fingerprint density at radius 1 is 1.36 bits per heavy atom. The summed E-state index contributed by atoms with van der Waals surface area (Å²) in [6.07, 6.45) is 2.59. The fourth-order valence-corrected chi connectivity index (χ4v) is 2.93. The first-order chi connectivity index (χ1) is 6.66. The van der Waals surface area contributed by atoms with E-state index >= 15 is 0 Å². The van der Waals surface area contributed by atoms with Crippen molar-refractivity contribution in [3.8, 4) is 5.75 Å². The number of hydrogen-bond donors (Lipinski definition) is 1. The molecule has 2 atom stereocenters. The van der Waals surface area contributed by atoms with Crippen LogP contribution in [0.25, 0.3) is 0 Å². The lowest BCUT2D eigenvalue weighted by molar-refractivity contribution is 0.473. The minimum atomic E-state index is 0.453. The third-order valence-electron chi connectivity index (χ3n) is 3.68. The second kappa shape index (κ2) is 2.53. The summed E-state index contributed by atoms with van der Waals surface area (Å²) in [4.78, 5) is 0. The number of hydrogen-bond acceptors (Lipinski definition) is 1. The van der Waals surface area contributed by atoms with Crippen molar-refractivity contribution in [2.24, 2.45) is 5.92 Å². The molecule has 1 N–H and O–H groups in total. The van der Waals surface area contributed by atoms with Gasteiger partial charge in [-0.3, -0.25) is 0 Å². The highest BCUT2D eigenvalue weighted by Crippen LogP contribution is 2.58. The van der Waals surface area contributed by atoms with Gasteiger partial charge < -0.3 is 5.11 Å². The predicted octanol–water partition coefficient (Wildman–Crippen LogP) is 3.18. The molecule has 14 heavy (non-hydrogen) atoms. The Morgan fingerprint density at radius 2 is 2.14 bits per heavy atom. The normalized spacial score (nSPS) is 27.6. The lowest BCUT2D eigenvalue weighted by atomic mass is 9.92. The quantitative estimate of drug-likeness (QED) is 0.717. The van der Waals surface area contributed by atoms with Gasteiger partial charge in [0.25, 0.3) is 0 Å². The molecule has 0 aliphatic heterocycles. The molecule has 2 aliphatic carbocycles. The summed E-state index contributed by atoms with van der Waals surface area (Å²) < 4.78 is 0. The number of benzene rings is 1. The highest BCUT2D eigenvalue weighted by Gasteiger charge is 2.46. The maximum Gasteiger partial charge on any atom is 0.116 e. The summed E-state index contributed by atoms with van der Waals surface area (Å²) in [6, 6.07) is 3.93. The van der Waals surface area contributed by atoms with Gasteiger partial charge in [-0.05, 0) is 59.4 Å². The molecule has 0 bridgehead atoms. The van der Waals surface area contributed by atoms with Crippen molar-refractivity contribution in [2.45, 2.75) is 38.5 Å². The lowest BCUT2D eigenvalue weighted by Crippen LogP contribution is -1.96. The van der Waals surface area contributed by atoms with Crippen molar-refractivity contribution in [3.05, 3.63) is 28.8 Å². The Bertz CT molecular complexity index is 392. The van der Waals surface area contributed by atoms with Crippen LogP contribution in [0.3, 0.4) is 0 Å². The summed E-state index contributed by atoms with van der Waals surface area (Å²) >= 11 is 0. The predicted molar refractivity (Wildman–Crippen MR) is 56.7 cm³/mol. The molecule has 74 valence electrons. The van der Waals surface area contributed by atoms with Crippen LogP contribution in [0.1, 0.15) is 48.8 Å². The average molecular weight is 188 g/mol. The van der Waals surface area contributed by atoms with Gasteiger partial charge in [-0.15, -0.1) is 0 Å². The molecule has 1 saturated carbocycles. The number of phenols is 1. The second-order valence-electron chi connectivity index (χ2n) is 5.07. The molecule has 0 radical (unpaired) electrons. The third kappa shape index (κ3) is 1.01. The van der Waals surface area contributed by atoms with E-state index in [9.17, 15) is 5.11 Å². The Labute approximate surface area is 84.8 Å². The van der Waals surface area contributed by atoms with Crippen LogP contribution in [0.4, 0.5) is 0 Å². The van der Waals surface area contributed by atoms with Crippen molar-refractivity contribution in [2.75, 3.05) is 0 Å². The van der Waals surface area contributed by atoms with E-state index in [4.69, 9.17) is 0 Å². The van der Waals surface area contributed by atoms with Crippen molar-refractivity contribution in [1.29, 1.82) is 0 Å². The van der Waals surface area contributed by atoms with E-state index in [0.717, 1.165) is 11.8 Å². The Morgan fingerprint density at radius 3 is 2.86 bits per heavy atom. The maximum atomic E-state index is 9.63. The lowest BCUT2D eigenvalue weighted by Gasteiger charge is -2.14. The first kappa shape index (κ1) is 8.34. The highest BCUT2D eigenvalue weighted by atomic mass is 16.3. The number of phenolic OH excluding ortho intramolecular Hbond substituents is 1. The van der Waals surface area contributed by atoms with Crippen molar-refractivity contribution < 1.29 is 5.11 Å². The molecule has 1 heteroatoms. The molecule has 0 saturated heterocycles. The van der Waals surface area contributed by atoms with Crippen LogP contribution in [-0.4, -0.2) is 5.11 Å². The van der Waals surface area contributed by atoms with Crippen LogP contribution in [0.15, 0.2) is 12.1 Å². The molecular formula is C13H16O. The zero-order valence-corrected chi connectivity index (χ0v) is 8.75. The van der Waals surface area contributed by atoms with Crippen molar-refractivity contribution in [1.82, 2.24) is 0 Å². The summed E-state index contributed by atoms with van der Waals surface area (Å²) in [7, 11) is 0. The first-order valence-electron chi connectivity index (χ1n) is 5.52. The van der Waals surface area contributed by atoms with Crippen LogP contribution >= 0.6 is 0 Å². The topological polar surface area (TPSA) is 20.2 Å². The van der Waals surface area contributed by atoms with E-state index in [1.54, 1.807) is 5.56 Å². The van der Waals surface area contributed by atoms with Gasteiger partial charge in [0.05, 0.1) is 0 Å². The van der Waals surface area contributed by atoms with E-state index in [2.05, 4.69) is 13.8 Å². The van der Waals surface area contributed by atoms with Gasteiger partial charge in [-0.1, -0.05) is 13.8 Å². The summed E-state index contributed by atoms with van der Waals surface area (Å²) in [5, 5.41) is 9.63. The Kier molecular flexibility index (Phi) is 1.51. The summed E-state index contributed by atoms with van der Waals surface area (Å²) in [5.41, 5.74) is 4.36. The van der Waals surface area contributed by atoms with Crippen LogP contribution in [0.2, 0.25) is 0 Å². The summed E-state index contributed by atoms with van der Waals surface area (Å²) in [6.45, 7) is 4.43. The SMILES string of the molecule is CC(C)c1cc(O)cc2c1[C@@H]1C[C@@H]1C2. The molecule has 2 aliphatic rings. The van der Waals surface area contributed by atoms with E-state index in [1.807, 2.05) is 12.1 Å². The molecule has 0 unspecified atom stereocenters. The van der Waals surface area contributed by atoms with Crippen LogP contribution in [0, 0.1) is 5.92 Å². The fourth-order valence-electron chi connectivity index (χ4n) is 2.93. The van der Waals surface area contributed by atoms with Crippen LogP contribution < -0.4 is 0 Å². The number of fused-ring (bicyclic) bond motifs is 3. The molecule has 3 rings (SSSR count). The summed E-state index contributed by atoms with van der Waals surface area (Å²) in [5.74, 6) is 2.73. The van der Waals surface area contributed by atoms with Gasteiger partial charge in [0.15, 0.2) is 0 Å². The van der Waals surface area contributed by atoms with Crippen molar-refractivity contribution >= 4 is 0 Å². The Hall–Kier alpha value is -0.980. The van der Waals surface area contributed by atoms with Gasteiger partial charge in [0, 0.05) is 0 Å². The van der Waals surface area contributed by atoms with Crippen LogP contribution in [0.5, 0.6) is 5.75 Å². The van der Waals surface area contributed by atoms with Crippen molar-refractivity contribution in [3.63, 3.8) is 0 Å². The molecule has 0 heterocycles. The van der Waals surface area contributed by atoms with Gasteiger partial charge in [-0.25, -0.2) is 0 Å². The molecule has 1 aromatic carbocycles. The number of aromatic hydroxyl groups is 1. The molecule has 1 nitrogen and oxygen atoms in total. The van der Waals surface area contributed by atoms with E-state index in [-0.39, 0.29) is 0 Å². The Balaban J connectivity index is 2.19. The maximum absolute atomic E-state index is 9.63. The minimum absolute atomic E-state index is 0.453. The number of rotatable bonds is 1. The largest absolute Gasteiger partial charge is 0.508 e. The zero-order valence-electron chi connectivity index (χ0n) is 8.75. The molecular weight excluding hydrogens is 172 g/mol. The van der Waals surface area contributed by atoms with Gasteiger partial charge >= 0.3 is 0 Å². The smallest absolute Gasteiger partial charge is 0.116 e. The first-order valence-corrected chi connectivity index (χ1v) is 5.52. The van der Waals surface area contributed by atoms with E-state index < -0.39 is 0 Å². The van der Waals surface area contributed by atoms with Crippen LogP contribution in [-0.2, 0) is 6.42 Å². The monoisotopic (exact) mass is 188 g/mol. The standard InChI is InChI=1S/C13H16O/c1-7(2)11-6-10(14)4-9-3-8-5-12(8)13(9)11/h4,6-8,12,14H,3,5H2,1-2H3/t8-,12+/m0/s1. The van der Waals surface area contributed by atoms with Gasteiger partial charge in [0.2, 0.25) is 0 Å². The van der Waals surface area contributed by atoms with Gasteiger partial charge in [0.1, 0.15) is 5.75 Å². The second-order valence-corrected chi connectivity index (χ2v) is 5.07.